The molecule has 0 unspecified atom stereocenters. The standard InChI is InChI=1S/C32H31ClF3N7O2S/c1-2-23(44)41-13-18(14-41)43(17-4-5-17)29-20-10-21(33)24(19-6-7-22(35)28-27(19)38-30(37)46-28)25(36)26(20)39-31(40-29)45-15-32-8-3-9-42(32)12-16(34)11-32/h2,6-7,10,16-18H,1,3-5,8-9,11-15H2,(H2,37,38)/t16-,32-/m1/s1. The number of benzene rings is 2. The normalized spacial score (nSPS) is 23.2. The van der Waals surface area contributed by atoms with E-state index < -0.39 is 23.3 Å². The second-order valence-corrected chi connectivity index (χ2v) is 14.1. The molecule has 46 heavy (non-hydrogen) atoms. The maximum absolute atomic E-state index is 16.9. The Balaban J connectivity index is 1.26. The van der Waals surface area contributed by atoms with Gasteiger partial charge in [-0.3, -0.25) is 9.69 Å². The number of amides is 1. The molecule has 0 spiro atoms. The highest BCUT2D eigenvalue weighted by molar-refractivity contribution is 7.22. The second-order valence-electron chi connectivity index (χ2n) is 12.7. The number of rotatable bonds is 8. The third-order valence-electron chi connectivity index (χ3n) is 9.78. The zero-order chi connectivity index (χ0) is 31.9. The van der Waals surface area contributed by atoms with Crippen LogP contribution in [0.15, 0.2) is 30.9 Å². The van der Waals surface area contributed by atoms with E-state index in [1.807, 2.05) is 0 Å². The van der Waals surface area contributed by atoms with Crippen molar-refractivity contribution in [2.75, 3.05) is 43.4 Å². The van der Waals surface area contributed by atoms with Crippen LogP contribution in [0.2, 0.25) is 5.02 Å². The number of hydrogen-bond acceptors (Lipinski definition) is 9. The Bertz CT molecular complexity index is 1920. The number of ether oxygens (including phenoxy) is 1. The van der Waals surface area contributed by atoms with E-state index in [1.54, 1.807) is 11.0 Å². The molecular formula is C32H31ClF3N7O2S. The van der Waals surface area contributed by atoms with Gasteiger partial charge in [0.1, 0.15) is 29.9 Å². The van der Waals surface area contributed by atoms with Crippen molar-refractivity contribution in [2.45, 2.75) is 55.9 Å². The van der Waals surface area contributed by atoms with Crippen LogP contribution in [0.1, 0.15) is 32.1 Å². The lowest BCUT2D eigenvalue weighted by Gasteiger charge is -2.46. The first-order valence-corrected chi connectivity index (χ1v) is 16.6. The third-order valence-corrected chi connectivity index (χ3v) is 11.0. The van der Waals surface area contributed by atoms with Crippen molar-refractivity contribution >= 4 is 60.9 Å². The van der Waals surface area contributed by atoms with Crippen LogP contribution in [0.25, 0.3) is 32.2 Å². The number of hydrogen-bond donors (Lipinski definition) is 1. The van der Waals surface area contributed by atoms with Gasteiger partial charge in [-0.2, -0.15) is 9.97 Å². The molecule has 4 fully saturated rings. The van der Waals surface area contributed by atoms with Gasteiger partial charge in [-0.15, -0.1) is 0 Å². The molecule has 0 radical (unpaired) electrons. The SMILES string of the molecule is C=CC(=O)N1CC(N(c2nc(OC[C@]34CCCN3C[C@H](F)C4)nc3c(F)c(-c4ccc(F)c5sc(N)nc45)c(Cl)cc23)C2CC2)C1. The topological polar surface area (TPSA) is 101 Å². The minimum absolute atomic E-state index is 0.0142. The highest BCUT2D eigenvalue weighted by Crippen LogP contribution is 2.46. The number of carbonyl (C=O) groups excluding carboxylic acids is 1. The number of halogens is 4. The molecule has 2 atom stereocenters. The van der Waals surface area contributed by atoms with E-state index in [0.717, 1.165) is 43.6 Å². The average molecular weight is 670 g/mol. The predicted molar refractivity (Wildman–Crippen MR) is 172 cm³/mol. The summed E-state index contributed by atoms with van der Waals surface area (Å²) in [7, 11) is 0. The maximum Gasteiger partial charge on any atom is 0.319 e. The Morgan fingerprint density at radius 1 is 1.20 bits per heavy atom. The summed E-state index contributed by atoms with van der Waals surface area (Å²) in [6, 6.07) is 4.35. The lowest BCUT2D eigenvalue weighted by atomic mass is 9.95. The van der Waals surface area contributed by atoms with E-state index >= 15 is 4.39 Å². The Kier molecular flexibility index (Phi) is 7.07. The Hall–Kier alpha value is -3.68. The van der Waals surface area contributed by atoms with E-state index in [4.69, 9.17) is 27.1 Å². The van der Waals surface area contributed by atoms with Gasteiger partial charge in [-0.1, -0.05) is 29.5 Å². The highest BCUT2D eigenvalue weighted by atomic mass is 35.5. The molecule has 1 aliphatic carbocycles. The van der Waals surface area contributed by atoms with Crippen LogP contribution in [0.5, 0.6) is 6.01 Å². The molecule has 1 saturated carbocycles. The molecule has 8 rings (SSSR count). The Labute approximate surface area is 271 Å². The number of carbonyl (C=O) groups is 1. The Morgan fingerprint density at radius 2 is 2.00 bits per heavy atom. The van der Waals surface area contributed by atoms with E-state index in [0.29, 0.717) is 37.3 Å². The minimum Gasteiger partial charge on any atom is -0.461 e. The summed E-state index contributed by atoms with van der Waals surface area (Å²) < 4.78 is 52.5. The van der Waals surface area contributed by atoms with Crippen molar-refractivity contribution in [3.8, 4) is 17.1 Å². The van der Waals surface area contributed by atoms with Gasteiger partial charge in [-0.25, -0.2) is 18.2 Å². The molecule has 4 aliphatic rings. The zero-order valence-electron chi connectivity index (χ0n) is 24.8. The molecular weight excluding hydrogens is 639 g/mol. The number of anilines is 2. The lowest BCUT2D eigenvalue weighted by molar-refractivity contribution is -0.130. The molecule has 9 nitrogen and oxygen atoms in total. The molecule has 2 N–H and O–H groups in total. The van der Waals surface area contributed by atoms with Crippen LogP contribution in [0, 0.1) is 11.6 Å². The molecule has 2 aromatic carbocycles. The van der Waals surface area contributed by atoms with Gasteiger partial charge in [0, 0.05) is 48.6 Å². The van der Waals surface area contributed by atoms with Gasteiger partial charge in [-0.05, 0) is 56.5 Å². The summed E-state index contributed by atoms with van der Waals surface area (Å²) in [5.41, 5.74) is 5.94. The Morgan fingerprint density at radius 3 is 2.76 bits per heavy atom. The summed E-state index contributed by atoms with van der Waals surface area (Å²) >= 11 is 7.81. The van der Waals surface area contributed by atoms with Crippen molar-refractivity contribution < 1.29 is 22.7 Å². The molecule has 4 aromatic rings. The van der Waals surface area contributed by atoms with Gasteiger partial charge >= 0.3 is 6.01 Å². The summed E-state index contributed by atoms with van der Waals surface area (Å²) in [6.07, 6.45) is 4.29. The average Bonchev–Trinajstić information content (AvgIpc) is 3.53. The summed E-state index contributed by atoms with van der Waals surface area (Å²) in [6.45, 7) is 5.86. The quantitative estimate of drug-likeness (QED) is 0.237. The van der Waals surface area contributed by atoms with Crippen LogP contribution in [0.3, 0.4) is 0 Å². The van der Waals surface area contributed by atoms with Crippen LogP contribution in [-0.2, 0) is 4.79 Å². The molecule has 3 aliphatic heterocycles. The lowest BCUT2D eigenvalue weighted by Crippen LogP contribution is -2.61. The first-order valence-electron chi connectivity index (χ1n) is 15.4. The second kappa shape index (κ2) is 11.0. The maximum atomic E-state index is 16.9. The van der Waals surface area contributed by atoms with E-state index in [-0.39, 0.29) is 67.6 Å². The zero-order valence-corrected chi connectivity index (χ0v) is 26.4. The number of nitrogens with zero attached hydrogens (tertiary/aromatic N) is 6. The number of fused-ring (bicyclic) bond motifs is 3. The highest BCUT2D eigenvalue weighted by Gasteiger charge is 2.49. The van der Waals surface area contributed by atoms with E-state index in [9.17, 15) is 13.6 Å². The monoisotopic (exact) mass is 669 g/mol. The summed E-state index contributed by atoms with van der Waals surface area (Å²) in [5, 5.41) is 0.614. The van der Waals surface area contributed by atoms with Crippen molar-refractivity contribution in [1.29, 1.82) is 0 Å². The molecule has 1 amide bonds. The molecule has 5 heterocycles. The van der Waals surface area contributed by atoms with E-state index in [2.05, 4.69) is 26.3 Å². The first kappa shape index (κ1) is 29.7. The van der Waals surface area contributed by atoms with Crippen molar-refractivity contribution in [1.82, 2.24) is 24.8 Å². The fourth-order valence-electron chi connectivity index (χ4n) is 7.45. The fraction of sp³-hybridized carbons (Fsp3) is 0.438. The molecule has 240 valence electrons. The van der Waals surface area contributed by atoms with Crippen LogP contribution >= 0.6 is 22.9 Å². The number of nitrogens with two attached hydrogens (primary N) is 1. The predicted octanol–water partition coefficient (Wildman–Crippen LogP) is 5.74. The third kappa shape index (κ3) is 4.77. The van der Waals surface area contributed by atoms with Gasteiger partial charge in [0.2, 0.25) is 5.91 Å². The van der Waals surface area contributed by atoms with Crippen molar-refractivity contribution in [2.24, 2.45) is 0 Å². The summed E-state index contributed by atoms with van der Waals surface area (Å²) in [5.74, 6) is -0.937. The van der Waals surface area contributed by atoms with E-state index in [1.165, 1.54) is 18.2 Å². The summed E-state index contributed by atoms with van der Waals surface area (Å²) in [4.78, 5) is 31.9. The molecule has 2 aromatic heterocycles. The number of aromatic nitrogens is 3. The largest absolute Gasteiger partial charge is 0.461 e. The van der Waals surface area contributed by atoms with Crippen LogP contribution < -0.4 is 15.4 Å². The molecule has 3 saturated heterocycles. The number of nitrogen functional groups attached to an aromatic ring is 1. The van der Waals surface area contributed by atoms with Gasteiger partial charge in [0.05, 0.1) is 26.8 Å². The van der Waals surface area contributed by atoms with Gasteiger partial charge < -0.3 is 20.3 Å². The number of likely N-dealkylation sites (tertiary alicyclic amines) is 1. The van der Waals surface area contributed by atoms with Crippen LogP contribution in [-0.4, -0.2) is 87.2 Å². The van der Waals surface area contributed by atoms with Gasteiger partial charge in [0.25, 0.3) is 0 Å². The smallest absolute Gasteiger partial charge is 0.319 e. The van der Waals surface area contributed by atoms with Gasteiger partial charge in [0.15, 0.2) is 10.9 Å². The minimum atomic E-state index is -0.934. The fourth-order valence-corrected chi connectivity index (χ4v) is 8.50. The molecule has 0 bridgehead atoms. The number of thiazole rings is 1. The number of alkyl halides is 1. The van der Waals surface area contributed by atoms with Crippen LogP contribution in [0.4, 0.5) is 24.1 Å². The molecule has 14 heteroatoms. The van der Waals surface area contributed by atoms with Crippen molar-refractivity contribution in [3.05, 3.63) is 47.5 Å². The first-order chi connectivity index (χ1) is 22.2. The van der Waals surface area contributed by atoms with Crippen molar-refractivity contribution in [3.63, 3.8) is 0 Å².